The topological polar surface area (TPSA) is 38.3 Å². The van der Waals surface area contributed by atoms with Gasteiger partial charge < -0.3 is 10.1 Å². The van der Waals surface area contributed by atoms with Gasteiger partial charge in [0, 0.05) is 24.4 Å². The molecule has 0 atom stereocenters. The molecule has 1 rings (SSSR count). The highest BCUT2D eigenvalue weighted by molar-refractivity contribution is 5.79. The van der Waals surface area contributed by atoms with Crippen molar-refractivity contribution in [2.75, 3.05) is 13.2 Å². The number of carbonyl (C=O) groups is 1. The normalized spacial score (nSPS) is 11.2. The molecule has 3 heteroatoms. The maximum absolute atomic E-state index is 10.8. The first-order valence-corrected chi connectivity index (χ1v) is 6.98. The van der Waals surface area contributed by atoms with Crippen LogP contribution in [0.4, 0.5) is 0 Å². The number of aldehydes is 1. The maximum atomic E-state index is 10.8. The van der Waals surface area contributed by atoms with E-state index in [0.717, 1.165) is 25.7 Å². The Bertz CT molecular complexity index is 438. The van der Waals surface area contributed by atoms with E-state index in [1.54, 1.807) is 0 Å². The summed E-state index contributed by atoms with van der Waals surface area (Å²) in [5.41, 5.74) is 2.50. The van der Waals surface area contributed by atoms with Crippen LogP contribution in [0, 0.1) is 0 Å². The van der Waals surface area contributed by atoms with E-state index in [1.165, 1.54) is 5.56 Å². The molecule has 0 heterocycles. The lowest BCUT2D eigenvalue weighted by atomic mass is 10.2. The molecular weight excluding hydrogens is 250 g/mol. The molecular formula is C17H23NO2. The zero-order valence-electron chi connectivity index (χ0n) is 12.1. The zero-order chi connectivity index (χ0) is 14.6. The molecule has 0 aliphatic carbocycles. The lowest BCUT2D eigenvalue weighted by molar-refractivity contribution is -0.104. The van der Waals surface area contributed by atoms with Crippen LogP contribution in [0.2, 0.25) is 0 Å². The average Bonchev–Trinajstić information content (AvgIpc) is 2.49. The molecule has 1 aromatic rings. The van der Waals surface area contributed by atoms with Crippen LogP contribution in [0.25, 0.3) is 0 Å². The third-order valence-corrected chi connectivity index (χ3v) is 2.81. The number of benzene rings is 1. The summed E-state index contributed by atoms with van der Waals surface area (Å²) in [5.74, 6) is 0. The predicted octanol–water partition coefficient (Wildman–Crippen LogP) is 3.23. The third-order valence-electron chi connectivity index (χ3n) is 2.81. The third kappa shape index (κ3) is 6.34. The van der Waals surface area contributed by atoms with Crippen molar-refractivity contribution in [3.05, 3.63) is 59.8 Å². The number of nitrogens with one attached hydrogen (secondary N) is 1. The summed E-state index contributed by atoms with van der Waals surface area (Å²) in [4.78, 5) is 10.8. The Kier molecular flexibility index (Phi) is 8.08. The van der Waals surface area contributed by atoms with E-state index >= 15 is 0 Å². The molecule has 0 spiro atoms. The van der Waals surface area contributed by atoms with E-state index in [9.17, 15) is 4.79 Å². The van der Waals surface area contributed by atoms with Gasteiger partial charge in [0.15, 0.2) is 6.29 Å². The van der Waals surface area contributed by atoms with Crippen molar-refractivity contribution in [1.82, 2.24) is 5.32 Å². The van der Waals surface area contributed by atoms with Crippen molar-refractivity contribution >= 4 is 6.29 Å². The molecule has 1 aromatic carbocycles. The fourth-order valence-electron chi connectivity index (χ4n) is 1.74. The minimum absolute atomic E-state index is 0.636. The molecule has 0 saturated heterocycles. The first-order chi connectivity index (χ1) is 9.77. The SMILES string of the molecule is C=C(NCCCOCc1ccccc1)/C(C=O)=C\CC. The number of hydrogen-bond donors (Lipinski definition) is 1. The van der Waals surface area contributed by atoms with E-state index in [2.05, 4.69) is 11.9 Å². The summed E-state index contributed by atoms with van der Waals surface area (Å²) >= 11 is 0. The molecule has 0 fully saturated rings. The molecule has 20 heavy (non-hydrogen) atoms. The number of ether oxygens (including phenoxy) is 1. The van der Waals surface area contributed by atoms with Crippen LogP contribution in [0.1, 0.15) is 25.3 Å². The monoisotopic (exact) mass is 273 g/mol. The number of allylic oxidation sites excluding steroid dienone is 2. The molecule has 108 valence electrons. The van der Waals surface area contributed by atoms with Gasteiger partial charge in [-0.1, -0.05) is 49.9 Å². The van der Waals surface area contributed by atoms with Crippen molar-refractivity contribution in [1.29, 1.82) is 0 Å². The van der Waals surface area contributed by atoms with Gasteiger partial charge in [0.05, 0.1) is 6.61 Å². The minimum atomic E-state index is 0.636. The standard InChI is InChI=1S/C17H23NO2/c1-3-8-17(13-19)15(2)18-11-7-12-20-14-16-9-5-4-6-10-16/h4-6,8-10,13,18H,2-3,7,11-12,14H2,1H3/b17-8-. The summed E-state index contributed by atoms with van der Waals surface area (Å²) in [5, 5.41) is 3.14. The summed E-state index contributed by atoms with van der Waals surface area (Å²) in [6, 6.07) is 10.1. The van der Waals surface area contributed by atoms with Crippen LogP contribution in [0.5, 0.6) is 0 Å². The van der Waals surface area contributed by atoms with Gasteiger partial charge in [0.1, 0.15) is 0 Å². The number of rotatable bonds is 10. The number of hydrogen-bond acceptors (Lipinski definition) is 3. The van der Waals surface area contributed by atoms with Gasteiger partial charge in [-0.3, -0.25) is 4.79 Å². The molecule has 0 aliphatic rings. The van der Waals surface area contributed by atoms with Gasteiger partial charge in [0.2, 0.25) is 0 Å². The summed E-state index contributed by atoms with van der Waals surface area (Å²) < 4.78 is 5.58. The highest BCUT2D eigenvalue weighted by Crippen LogP contribution is 2.03. The van der Waals surface area contributed by atoms with E-state index in [-0.39, 0.29) is 0 Å². The van der Waals surface area contributed by atoms with E-state index in [1.807, 2.05) is 43.3 Å². The van der Waals surface area contributed by atoms with Crippen LogP contribution in [0.15, 0.2) is 54.3 Å². The molecule has 0 amide bonds. The Balaban J connectivity index is 2.11. The Hall–Kier alpha value is -1.87. The second-order valence-corrected chi connectivity index (χ2v) is 4.48. The molecule has 0 aromatic heterocycles. The predicted molar refractivity (Wildman–Crippen MR) is 82.3 cm³/mol. The van der Waals surface area contributed by atoms with Gasteiger partial charge >= 0.3 is 0 Å². The maximum Gasteiger partial charge on any atom is 0.151 e. The summed E-state index contributed by atoms with van der Waals surface area (Å²) in [6.07, 6.45) is 4.41. The Morgan fingerprint density at radius 2 is 2.10 bits per heavy atom. The van der Waals surface area contributed by atoms with Gasteiger partial charge in [-0.15, -0.1) is 0 Å². The highest BCUT2D eigenvalue weighted by atomic mass is 16.5. The molecule has 0 saturated carbocycles. The van der Waals surface area contributed by atoms with Gasteiger partial charge in [-0.05, 0) is 18.4 Å². The van der Waals surface area contributed by atoms with Gasteiger partial charge in [-0.25, -0.2) is 0 Å². The summed E-state index contributed by atoms with van der Waals surface area (Å²) in [7, 11) is 0. The number of carbonyl (C=O) groups excluding carboxylic acids is 1. The van der Waals surface area contributed by atoms with Crippen LogP contribution in [0.3, 0.4) is 0 Å². The van der Waals surface area contributed by atoms with E-state index in [0.29, 0.717) is 24.5 Å². The average molecular weight is 273 g/mol. The van der Waals surface area contributed by atoms with Gasteiger partial charge in [0.25, 0.3) is 0 Å². The van der Waals surface area contributed by atoms with Gasteiger partial charge in [-0.2, -0.15) is 0 Å². The van der Waals surface area contributed by atoms with Crippen LogP contribution in [-0.4, -0.2) is 19.4 Å². The molecule has 3 nitrogen and oxygen atoms in total. The second kappa shape index (κ2) is 9.98. The van der Waals surface area contributed by atoms with Crippen molar-refractivity contribution in [3.8, 4) is 0 Å². The zero-order valence-corrected chi connectivity index (χ0v) is 12.1. The molecule has 1 N–H and O–H groups in total. The lowest BCUT2D eigenvalue weighted by Crippen LogP contribution is -2.17. The highest BCUT2D eigenvalue weighted by Gasteiger charge is 1.99. The quantitative estimate of drug-likeness (QED) is 0.308. The van der Waals surface area contributed by atoms with Crippen molar-refractivity contribution < 1.29 is 9.53 Å². The summed E-state index contributed by atoms with van der Waals surface area (Å²) in [6.45, 7) is 7.92. The van der Waals surface area contributed by atoms with E-state index in [4.69, 9.17) is 4.74 Å². The van der Waals surface area contributed by atoms with Crippen molar-refractivity contribution in [3.63, 3.8) is 0 Å². The fourth-order valence-corrected chi connectivity index (χ4v) is 1.74. The van der Waals surface area contributed by atoms with Crippen molar-refractivity contribution in [2.24, 2.45) is 0 Å². The first-order valence-electron chi connectivity index (χ1n) is 6.98. The fraction of sp³-hybridized carbons (Fsp3) is 0.353. The second-order valence-electron chi connectivity index (χ2n) is 4.48. The van der Waals surface area contributed by atoms with Crippen LogP contribution in [-0.2, 0) is 16.1 Å². The Morgan fingerprint density at radius 1 is 1.35 bits per heavy atom. The molecule has 0 unspecified atom stereocenters. The Morgan fingerprint density at radius 3 is 2.75 bits per heavy atom. The minimum Gasteiger partial charge on any atom is -0.385 e. The molecule has 0 bridgehead atoms. The molecule has 0 aliphatic heterocycles. The largest absolute Gasteiger partial charge is 0.385 e. The first kappa shape index (κ1) is 16.2. The lowest BCUT2D eigenvalue weighted by Gasteiger charge is -2.09. The van der Waals surface area contributed by atoms with E-state index < -0.39 is 0 Å². The smallest absolute Gasteiger partial charge is 0.151 e. The van der Waals surface area contributed by atoms with Crippen LogP contribution >= 0.6 is 0 Å². The van der Waals surface area contributed by atoms with Crippen molar-refractivity contribution in [2.45, 2.75) is 26.4 Å². The van der Waals surface area contributed by atoms with Crippen LogP contribution < -0.4 is 5.32 Å². The Labute approximate surface area is 121 Å². The molecule has 0 radical (unpaired) electrons.